The average molecular weight is 356 g/mol. The van der Waals surface area contributed by atoms with Crippen LogP contribution in [0.1, 0.15) is 23.2 Å². The van der Waals surface area contributed by atoms with Crippen molar-refractivity contribution < 1.29 is 9.72 Å². The van der Waals surface area contributed by atoms with Crippen LogP contribution in [0.25, 0.3) is 0 Å². The van der Waals surface area contributed by atoms with Crippen LogP contribution in [0.5, 0.6) is 0 Å². The quantitative estimate of drug-likeness (QED) is 0.647. The van der Waals surface area contributed by atoms with Crippen LogP contribution in [0.2, 0.25) is 0 Å². The molecule has 1 aromatic carbocycles. The lowest BCUT2D eigenvalue weighted by Crippen LogP contribution is -2.24. The molecule has 0 aliphatic carbocycles. The van der Waals surface area contributed by atoms with Gasteiger partial charge in [0.05, 0.1) is 11.1 Å². The minimum absolute atomic E-state index is 0.00849. The zero-order valence-corrected chi connectivity index (χ0v) is 14.7. The highest BCUT2D eigenvalue weighted by molar-refractivity contribution is 6.08. The Morgan fingerprint density at radius 2 is 1.96 bits per heavy atom. The molecular formula is C17H20N6O3. The first-order valence-corrected chi connectivity index (χ1v) is 8.31. The molecule has 0 radical (unpaired) electrons. The van der Waals surface area contributed by atoms with E-state index in [0.29, 0.717) is 17.5 Å². The molecule has 0 spiro atoms. The number of amides is 1. The second kappa shape index (κ2) is 7.34. The minimum Gasteiger partial charge on any atom is -0.361 e. The summed E-state index contributed by atoms with van der Waals surface area (Å²) in [4.78, 5) is 35.9. The smallest absolute Gasteiger partial charge is 0.282 e. The molecular weight excluding hydrogens is 336 g/mol. The highest BCUT2D eigenvalue weighted by atomic mass is 16.6. The Labute approximate surface area is 150 Å². The van der Waals surface area contributed by atoms with Gasteiger partial charge in [-0.3, -0.25) is 14.9 Å². The molecule has 1 aliphatic rings. The first-order chi connectivity index (χ1) is 12.5. The van der Waals surface area contributed by atoms with Crippen LogP contribution in [0.15, 0.2) is 30.5 Å². The van der Waals surface area contributed by atoms with Crippen molar-refractivity contribution in [1.29, 1.82) is 0 Å². The number of para-hydroxylation sites is 1. The predicted molar refractivity (Wildman–Crippen MR) is 98.9 cm³/mol. The standard InChI is InChI=1S/C17H20N6O3/c1-21(2)15-13(11-18-17(20-15)22-9-5-6-10-22)19-16(24)12-7-3-4-8-14(12)23(25)26/h3-4,7-8,11H,5-6,9-10H2,1-2H3,(H,19,24). The normalized spacial score (nSPS) is 13.5. The van der Waals surface area contributed by atoms with Gasteiger partial charge >= 0.3 is 0 Å². The van der Waals surface area contributed by atoms with E-state index in [1.165, 1.54) is 18.2 Å². The van der Waals surface area contributed by atoms with Crippen molar-refractivity contribution in [2.24, 2.45) is 0 Å². The summed E-state index contributed by atoms with van der Waals surface area (Å²) in [5.74, 6) is 0.599. The Morgan fingerprint density at radius 3 is 2.62 bits per heavy atom. The zero-order valence-electron chi connectivity index (χ0n) is 14.7. The average Bonchev–Trinajstić information content (AvgIpc) is 3.16. The Kier molecular flexibility index (Phi) is 4.97. The third kappa shape index (κ3) is 3.56. The number of carbonyl (C=O) groups excluding carboxylic acids is 1. The fourth-order valence-corrected chi connectivity index (χ4v) is 2.88. The van der Waals surface area contributed by atoms with Crippen LogP contribution in [-0.4, -0.2) is 48.0 Å². The van der Waals surface area contributed by atoms with E-state index in [0.717, 1.165) is 25.9 Å². The molecule has 2 aromatic rings. The highest BCUT2D eigenvalue weighted by Gasteiger charge is 2.22. The molecule has 3 rings (SSSR count). The molecule has 0 atom stereocenters. The van der Waals surface area contributed by atoms with Gasteiger partial charge in [-0.2, -0.15) is 4.98 Å². The summed E-state index contributed by atoms with van der Waals surface area (Å²) in [7, 11) is 3.63. The first-order valence-electron chi connectivity index (χ1n) is 8.31. The zero-order chi connectivity index (χ0) is 18.7. The third-order valence-corrected chi connectivity index (χ3v) is 4.16. The number of aromatic nitrogens is 2. The van der Waals surface area contributed by atoms with E-state index in [1.807, 2.05) is 14.1 Å². The largest absolute Gasteiger partial charge is 0.361 e. The van der Waals surface area contributed by atoms with E-state index in [4.69, 9.17) is 0 Å². The molecule has 2 heterocycles. The Balaban J connectivity index is 1.89. The van der Waals surface area contributed by atoms with Crippen LogP contribution >= 0.6 is 0 Å². The van der Waals surface area contributed by atoms with Gasteiger partial charge in [0.2, 0.25) is 5.95 Å². The number of hydrogen-bond acceptors (Lipinski definition) is 7. The number of nitrogens with zero attached hydrogens (tertiary/aromatic N) is 5. The van der Waals surface area contributed by atoms with Gasteiger partial charge in [-0.05, 0) is 18.9 Å². The third-order valence-electron chi connectivity index (χ3n) is 4.16. The van der Waals surface area contributed by atoms with E-state index >= 15 is 0 Å². The van der Waals surface area contributed by atoms with Crippen LogP contribution in [0, 0.1) is 10.1 Å². The second-order valence-corrected chi connectivity index (χ2v) is 6.22. The van der Waals surface area contributed by atoms with Crippen molar-refractivity contribution in [2.75, 3.05) is 42.3 Å². The number of benzene rings is 1. The van der Waals surface area contributed by atoms with Crippen LogP contribution < -0.4 is 15.1 Å². The molecule has 9 nitrogen and oxygen atoms in total. The lowest BCUT2D eigenvalue weighted by atomic mass is 10.1. The number of nitro groups is 1. The van der Waals surface area contributed by atoms with Crippen LogP contribution in [0.4, 0.5) is 23.1 Å². The van der Waals surface area contributed by atoms with Crippen molar-refractivity contribution in [3.8, 4) is 0 Å². The fraction of sp³-hybridized carbons (Fsp3) is 0.353. The van der Waals surface area contributed by atoms with Gasteiger partial charge in [0, 0.05) is 33.3 Å². The molecule has 9 heteroatoms. The van der Waals surface area contributed by atoms with Crippen molar-refractivity contribution in [3.05, 3.63) is 46.1 Å². The van der Waals surface area contributed by atoms with Gasteiger partial charge in [-0.25, -0.2) is 4.98 Å². The number of nitrogens with one attached hydrogen (secondary N) is 1. The van der Waals surface area contributed by atoms with Gasteiger partial charge in [0.15, 0.2) is 5.82 Å². The molecule has 1 saturated heterocycles. The van der Waals surface area contributed by atoms with Gasteiger partial charge in [-0.1, -0.05) is 12.1 Å². The lowest BCUT2D eigenvalue weighted by Gasteiger charge is -2.21. The number of hydrogen-bond donors (Lipinski definition) is 1. The van der Waals surface area contributed by atoms with Crippen LogP contribution in [0.3, 0.4) is 0 Å². The molecule has 1 amide bonds. The highest BCUT2D eigenvalue weighted by Crippen LogP contribution is 2.27. The fourth-order valence-electron chi connectivity index (χ4n) is 2.88. The monoisotopic (exact) mass is 356 g/mol. The molecule has 136 valence electrons. The maximum atomic E-state index is 12.6. The second-order valence-electron chi connectivity index (χ2n) is 6.22. The van der Waals surface area contributed by atoms with E-state index in [2.05, 4.69) is 20.2 Å². The topological polar surface area (TPSA) is 104 Å². The number of nitro benzene ring substituents is 1. The SMILES string of the molecule is CN(C)c1nc(N2CCCC2)ncc1NC(=O)c1ccccc1[N+](=O)[O-]. The Morgan fingerprint density at radius 1 is 1.27 bits per heavy atom. The summed E-state index contributed by atoms with van der Waals surface area (Å²) in [6.45, 7) is 1.82. The lowest BCUT2D eigenvalue weighted by molar-refractivity contribution is -0.385. The van der Waals surface area contributed by atoms with E-state index in [1.54, 1.807) is 17.2 Å². The summed E-state index contributed by atoms with van der Waals surface area (Å²) in [6, 6.07) is 5.83. The maximum Gasteiger partial charge on any atom is 0.282 e. The van der Waals surface area contributed by atoms with Crippen molar-refractivity contribution >= 4 is 29.0 Å². The van der Waals surface area contributed by atoms with Crippen molar-refractivity contribution in [3.63, 3.8) is 0 Å². The molecule has 1 aliphatic heterocycles. The maximum absolute atomic E-state index is 12.6. The van der Waals surface area contributed by atoms with Crippen molar-refractivity contribution in [1.82, 2.24) is 9.97 Å². The molecule has 1 aromatic heterocycles. The summed E-state index contributed by atoms with van der Waals surface area (Å²) >= 11 is 0. The van der Waals surface area contributed by atoms with E-state index < -0.39 is 10.8 Å². The molecule has 0 saturated carbocycles. The predicted octanol–water partition coefficient (Wildman–Crippen LogP) is 2.30. The van der Waals surface area contributed by atoms with E-state index in [-0.39, 0.29) is 11.3 Å². The Bertz CT molecular complexity index is 833. The summed E-state index contributed by atoms with van der Waals surface area (Å²) in [5, 5.41) is 13.8. The number of anilines is 3. The van der Waals surface area contributed by atoms with Crippen molar-refractivity contribution in [2.45, 2.75) is 12.8 Å². The molecule has 0 unspecified atom stereocenters. The number of rotatable bonds is 5. The summed E-state index contributed by atoms with van der Waals surface area (Å²) in [5.41, 5.74) is 0.151. The molecule has 26 heavy (non-hydrogen) atoms. The van der Waals surface area contributed by atoms with Gasteiger partial charge < -0.3 is 15.1 Å². The summed E-state index contributed by atoms with van der Waals surface area (Å²) in [6.07, 6.45) is 3.76. The molecule has 1 fully saturated rings. The molecule has 0 bridgehead atoms. The van der Waals surface area contributed by atoms with E-state index in [9.17, 15) is 14.9 Å². The number of carbonyl (C=O) groups is 1. The van der Waals surface area contributed by atoms with Gasteiger partial charge in [0.25, 0.3) is 11.6 Å². The van der Waals surface area contributed by atoms with Gasteiger partial charge in [-0.15, -0.1) is 0 Å². The first kappa shape index (κ1) is 17.6. The van der Waals surface area contributed by atoms with Gasteiger partial charge in [0.1, 0.15) is 11.3 Å². The minimum atomic E-state index is -0.575. The molecule has 1 N–H and O–H groups in total. The summed E-state index contributed by atoms with van der Waals surface area (Å²) < 4.78 is 0. The van der Waals surface area contributed by atoms with Crippen LogP contribution in [-0.2, 0) is 0 Å². The Hall–Kier alpha value is -3.23.